The van der Waals surface area contributed by atoms with E-state index in [1.807, 2.05) is 50.3 Å². The van der Waals surface area contributed by atoms with E-state index < -0.39 is 0 Å². The van der Waals surface area contributed by atoms with Gasteiger partial charge in [0.15, 0.2) is 0 Å². The van der Waals surface area contributed by atoms with Gasteiger partial charge in [-0.05, 0) is 24.6 Å². The van der Waals surface area contributed by atoms with Gasteiger partial charge < -0.3 is 9.80 Å². The Morgan fingerprint density at radius 3 is 2.56 bits per heavy atom. The molecule has 0 aliphatic carbocycles. The molecule has 1 unspecified atom stereocenters. The molecule has 0 fully saturated rings. The van der Waals surface area contributed by atoms with Crippen molar-refractivity contribution in [3.63, 3.8) is 0 Å². The van der Waals surface area contributed by atoms with E-state index >= 15 is 0 Å². The van der Waals surface area contributed by atoms with E-state index in [1.54, 1.807) is 4.90 Å². The summed E-state index contributed by atoms with van der Waals surface area (Å²) in [5, 5.41) is 0. The summed E-state index contributed by atoms with van der Waals surface area (Å²) in [6.45, 7) is 2.85. The molecule has 0 aliphatic heterocycles. The summed E-state index contributed by atoms with van der Waals surface area (Å²) in [6, 6.07) is 7.71. The molecule has 0 aromatic heterocycles. The van der Waals surface area contributed by atoms with Crippen LogP contribution in [-0.2, 0) is 0 Å². The fourth-order valence-corrected chi connectivity index (χ4v) is 1.82. The number of amides is 1. The third-order valence-corrected chi connectivity index (χ3v) is 3.28. The molecule has 1 amide bonds. The van der Waals surface area contributed by atoms with E-state index in [2.05, 4.69) is 22.9 Å². The summed E-state index contributed by atoms with van der Waals surface area (Å²) in [5.41, 5.74) is 1.79. The topological polar surface area (TPSA) is 23.6 Å². The van der Waals surface area contributed by atoms with Gasteiger partial charge in [0.2, 0.25) is 0 Å². The van der Waals surface area contributed by atoms with Crippen molar-refractivity contribution < 1.29 is 4.79 Å². The third kappa shape index (κ3) is 4.33. The van der Waals surface area contributed by atoms with Crippen molar-refractivity contribution in [2.45, 2.75) is 18.2 Å². The molecule has 0 spiro atoms. The van der Waals surface area contributed by atoms with Crippen molar-refractivity contribution in [1.82, 2.24) is 4.90 Å². The van der Waals surface area contributed by atoms with E-state index in [1.165, 1.54) is 0 Å². The second-order valence-corrected chi connectivity index (χ2v) is 6.30. The van der Waals surface area contributed by atoms with Crippen LogP contribution in [0, 0.1) is 0 Å². The largest absolute Gasteiger partial charge is 0.378 e. The van der Waals surface area contributed by atoms with Crippen LogP contribution in [0.4, 0.5) is 5.69 Å². The highest BCUT2D eigenvalue weighted by molar-refractivity contribution is 9.09. The maximum atomic E-state index is 12.2. The van der Waals surface area contributed by atoms with Gasteiger partial charge in [-0.25, -0.2) is 0 Å². The number of hydrogen-bond acceptors (Lipinski definition) is 2. The fourth-order valence-electron chi connectivity index (χ4n) is 1.61. The first kappa shape index (κ1) is 15.0. The van der Waals surface area contributed by atoms with Crippen LogP contribution in [0.5, 0.6) is 0 Å². The van der Waals surface area contributed by atoms with Gasteiger partial charge in [-0.2, -0.15) is 0 Å². The number of rotatable bonds is 5. The summed E-state index contributed by atoms with van der Waals surface area (Å²) in [6.07, 6.45) is 0.954. The van der Waals surface area contributed by atoms with Crippen molar-refractivity contribution in [1.29, 1.82) is 0 Å². The van der Waals surface area contributed by atoms with E-state index in [9.17, 15) is 4.79 Å². The average Bonchev–Trinajstić information content (AvgIpc) is 2.35. The standard InChI is InChI=1S/C14H21BrN2O/c1-11(15)8-9-17(4)14(18)12-6-5-7-13(10-12)16(2)3/h5-7,10-11H,8-9H2,1-4H3. The Morgan fingerprint density at radius 1 is 1.33 bits per heavy atom. The van der Waals surface area contributed by atoms with Crippen LogP contribution < -0.4 is 4.90 Å². The predicted octanol–water partition coefficient (Wildman–Crippen LogP) is 3.00. The van der Waals surface area contributed by atoms with Crippen molar-refractivity contribution in [2.24, 2.45) is 0 Å². The van der Waals surface area contributed by atoms with Crippen molar-refractivity contribution >= 4 is 27.5 Å². The molecule has 4 heteroatoms. The molecular weight excluding hydrogens is 292 g/mol. The van der Waals surface area contributed by atoms with Crippen LogP contribution in [0.15, 0.2) is 24.3 Å². The minimum Gasteiger partial charge on any atom is -0.378 e. The molecule has 0 bridgehead atoms. The van der Waals surface area contributed by atoms with Gasteiger partial charge in [0, 0.05) is 43.8 Å². The monoisotopic (exact) mass is 312 g/mol. The van der Waals surface area contributed by atoms with Gasteiger partial charge in [0.25, 0.3) is 5.91 Å². The number of hydrogen-bond donors (Lipinski definition) is 0. The third-order valence-electron chi connectivity index (χ3n) is 2.82. The molecule has 0 saturated heterocycles. The van der Waals surface area contributed by atoms with Crippen LogP contribution >= 0.6 is 15.9 Å². The number of halogens is 1. The maximum absolute atomic E-state index is 12.2. The van der Waals surface area contributed by atoms with Gasteiger partial charge in [-0.15, -0.1) is 0 Å². The lowest BCUT2D eigenvalue weighted by Gasteiger charge is -2.19. The van der Waals surface area contributed by atoms with E-state index in [0.717, 1.165) is 24.2 Å². The second kappa shape index (κ2) is 6.78. The lowest BCUT2D eigenvalue weighted by molar-refractivity contribution is 0.0794. The highest BCUT2D eigenvalue weighted by atomic mass is 79.9. The Morgan fingerprint density at radius 2 is 2.00 bits per heavy atom. The number of alkyl halides is 1. The number of nitrogens with zero attached hydrogens (tertiary/aromatic N) is 2. The first-order chi connectivity index (χ1) is 8.41. The Kier molecular flexibility index (Phi) is 5.66. The Hall–Kier alpha value is -1.03. The number of carbonyl (C=O) groups excluding carboxylic acids is 1. The normalized spacial score (nSPS) is 12.1. The van der Waals surface area contributed by atoms with Crippen LogP contribution in [0.3, 0.4) is 0 Å². The minimum atomic E-state index is 0.0758. The highest BCUT2D eigenvalue weighted by Crippen LogP contribution is 2.15. The quantitative estimate of drug-likeness (QED) is 0.780. The number of anilines is 1. The summed E-state index contributed by atoms with van der Waals surface area (Å²) in [4.78, 5) is 16.4. The second-order valence-electron chi connectivity index (χ2n) is 4.74. The molecule has 0 saturated carbocycles. The Balaban J connectivity index is 2.74. The smallest absolute Gasteiger partial charge is 0.253 e. The van der Waals surface area contributed by atoms with E-state index in [4.69, 9.17) is 0 Å². The molecular formula is C14H21BrN2O. The average molecular weight is 313 g/mol. The maximum Gasteiger partial charge on any atom is 0.253 e. The lowest BCUT2D eigenvalue weighted by Crippen LogP contribution is -2.28. The van der Waals surface area contributed by atoms with Gasteiger partial charge in [0.05, 0.1) is 0 Å². The van der Waals surface area contributed by atoms with Crippen LogP contribution in [0.2, 0.25) is 0 Å². The van der Waals surface area contributed by atoms with Crippen molar-refractivity contribution in [3.05, 3.63) is 29.8 Å². The van der Waals surface area contributed by atoms with E-state index in [-0.39, 0.29) is 5.91 Å². The predicted molar refractivity (Wildman–Crippen MR) is 80.7 cm³/mol. The Bertz CT molecular complexity index is 405. The van der Waals surface area contributed by atoms with E-state index in [0.29, 0.717) is 4.83 Å². The number of benzene rings is 1. The SMILES string of the molecule is CC(Br)CCN(C)C(=O)c1cccc(N(C)C)c1. The van der Waals surface area contributed by atoms with Gasteiger partial charge >= 0.3 is 0 Å². The lowest BCUT2D eigenvalue weighted by atomic mass is 10.1. The first-order valence-electron chi connectivity index (χ1n) is 6.08. The molecule has 1 atom stereocenters. The summed E-state index contributed by atoms with van der Waals surface area (Å²) in [5.74, 6) is 0.0758. The molecule has 3 nitrogen and oxygen atoms in total. The summed E-state index contributed by atoms with van der Waals surface area (Å²) in [7, 11) is 5.79. The van der Waals surface area contributed by atoms with Gasteiger partial charge in [-0.1, -0.05) is 28.9 Å². The summed E-state index contributed by atoms with van der Waals surface area (Å²) >= 11 is 3.49. The highest BCUT2D eigenvalue weighted by Gasteiger charge is 2.12. The number of carbonyl (C=O) groups is 1. The van der Waals surface area contributed by atoms with Crippen molar-refractivity contribution in [3.8, 4) is 0 Å². The molecule has 100 valence electrons. The van der Waals surface area contributed by atoms with Gasteiger partial charge in [0.1, 0.15) is 0 Å². The molecule has 18 heavy (non-hydrogen) atoms. The molecule has 0 radical (unpaired) electrons. The molecule has 1 rings (SSSR count). The molecule has 0 aliphatic rings. The zero-order valence-electron chi connectivity index (χ0n) is 11.5. The first-order valence-corrected chi connectivity index (χ1v) is 7.00. The molecule has 1 aromatic rings. The zero-order valence-corrected chi connectivity index (χ0v) is 13.1. The minimum absolute atomic E-state index is 0.0758. The Labute approximate surface area is 118 Å². The van der Waals surface area contributed by atoms with Gasteiger partial charge in [-0.3, -0.25) is 4.79 Å². The van der Waals surface area contributed by atoms with Crippen LogP contribution in [-0.4, -0.2) is 43.3 Å². The fraction of sp³-hybridized carbons (Fsp3) is 0.500. The zero-order chi connectivity index (χ0) is 13.7. The van der Waals surface area contributed by atoms with Crippen LogP contribution in [0.1, 0.15) is 23.7 Å². The van der Waals surface area contributed by atoms with Crippen LogP contribution in [0.25, 0.3) is 0 Å². The molecule has 0 N–H and O–H groups in total. The molecule has 0 heterocycles. The van der Waals surface area contributed by atoms with Crippen molar-refractivity contribution in [2.75, 3.05) is 32.6 Å². The summed E-state index contributed by atoms with van der Waals surface area (Å²) < 4.78 is 0. The molecule has 1 aromatic carbocycles.